The van der Waals surface area contributed by atoms with Crippen LogP contribution in [0.25, 0.3) is 0 Å². The number of nitrogens with one attached hydrogen (secondary N) is 4. The Labute approximate surface area is 74.2 Å². The maximum absolute atomic E-state index is 10.9. The van der Waals surface area contributed by atoms with Crippen LogP contribution >= 0.6 is 0 Å². The molecule has 0 fully saturated rings. The first-order valence-electron chi connectivity index (χ1n) is 3.51. The minimum Gasteiger partial charge on any atom is -0.384 e. The van der Waals surface area contributed by atoms with Gasteiger partial charge in [0.05, 0.1) is 11.8 Å². The predicted octanol–water partition coefficient (Wildman–Crippen LogP) is -0.555. The van der Waals surface area contributed by atoms with Gasteiger partial charge in [0.1, 0.15) is 11.7 Å². The number of H-pyrrole nitrogens is 1. The van der Waals surface area contributed by atoms with Crippen LogP contribution in [0.5, 0.6) is 0 Å². The van der Waals surface area contributed by atoms with Crippen LogP contribution in [0.1, 0.15) is 5.56 Å². The summed E-state index contributed by atoms with van der Waals surface area (Å²) < 4.78 is 0. The van der Waals surface area contributed by atoms with Crippen LogP contribution in [0.3, 0.4) is 0 Å². The predicted molar refractivity (Wildman–Crippen MR) is 47.7 cm³/mol. The Morgan fingerprint density at radius 3 is 3.00 bits per heavy atom. The van der Waals surface area contributed by atoms with E-state index in [1.54, 1.807) is 0 Å². The monoisotopic (exact) mass is 182 g/mol. The quantitative estimate of drug-likeness (QED) is 0.311. The molecule has 0 bridgehead atoms. The highest BCUT2D eigenvalue weighted by Crippen LogP contribution is 2.08. The van der Waals surface area contributed by atoms with Crippen LogP contribution in [-0.2, 0) is 0 Å². The molecular weight excluding hydrogens is 172 g/mol. The van der Waals surface area contributed by atoms with Crippen molar-refractivity contribution in [1.29, 1.82) is 5.41 Å². The third-order valence-corrected chi connectivity index (χ3v) is 1.40. The summed E-state index contributed by atoms with van der Waals surface area (Å²) in [5.41, 5.74) is 5.59. The van der Waals surface area contributed by atoms with Crippen molar-refractivity contribution in [1.82, 2.24) is 15.5 Å². The van der Waals surface area contributed by atoms with Crippen molar-refractivity contribution in [3.05, 3.63) is 11.8 Å². The van der Waals surface area contributed by atoms with E-state index in [2.05, 4.69) is 20.8 Å². The molecule has 70 valence electrons. The third-order valence-electron chi connectivity index (χ3n) is 1.40. The molecule has 0 aliphatic heterocycles. The molecular formula is C6H10N6O. The maximum Gasteiger partial charge on any atom is 0.320 e. The Morgan fingerprint density at radius 1 is 1.77 bits per heavy atom. The lowest BCUT2D eigenvalue weighted by molar-refractivity contribution is 0.254. The maximum atomic E-state index is 10.9. The molecule has 0 aliphatic rings. The van der Waals surface area contributed by atoms with Gasteiger partial charge in [0.2, 0.25) is 0 Å². The van der Waals surface area contributed by atoms with E-state index in [4.69, 9.17) is 11.1 Å². The highest BCUT2D eigenvalue weighted by atomic mass is 16.2. The molecule has 1 rings (SSSR count). The van der Waals surface area contributed by atoms with E-state index in [1.807, 2.05) is 0 Å². The fraction of sp³-hybridized carbons (Fsp3) is 0.167. The average molecular weight is 182 g/mol. The van der Waals surface area contributed by atoms with Gasteiger partial charge in [0.25, 0.3) is 0 Å². The first kappa shape index (κ1) is 9.04. The van der Waals surface area contributed by atoms with Crippen LogP contribution < -0.4 is 16.4 Å². The summed E-state index contributed by atoms with van der Waals surface area (Å²) in [7, 11) is 1.49. The summed E-state index contributed by atoms with van der Waals surface area (Å²) >= 11 is 0. The van der Waals surface area contributed by atoms with Crippen LogP contribution in [0.4, 0.5) is 10.6 Å². The molecule has 1 aromatic heterocycles. The van der Waals surface area contributed by atoms with Crippen LogP contribution in [-0.4, -0.2) is 29.1 Å². The van der Waals surface area contributed by atoms with Crippen molar-refractivity contribution < 1.29 is 4.79 Å². The summed E-state index contributed by atoms with van der Waals surface area (Å²) in [5.74, 6) is 0.159. The number of nitrogen functional groups attached to an aromatic ring is 1. The van der Waals surface area contributed by atoms with Crippen molar-refractivity contribution in [2.45, 2.75) is 0 Å². The largest absolute Gasteiger partial charge is 0.384 e. The average Bonchev–Trinajstić information content (AvgIpc) is 2.52. The standard InChI is InChI=1S/C6H10N6O/c1-9-6(13)11-5-3(4(7)8)2-10-12-5/h2H,1H3,(H3,7,8)(H3,9,10,11,12,13). The number of rotatable bonds is 2. The lowest BCUT2D eigenvalue weighted by Gasteiger charge is -2.02. The topological polar surface area (TPSA) is 120 Å². The van der Waals surface area contributed by atoms with Gasteiger partial charge in [-0.05, 0) is 0 Å². The summed E-state index contributed by atoms with van der Waals surface area (Å²) in [4.78, 5) is 10.9. The number of hydrogen-bond acceptors (Lipinski definition) is 3. The van der Waals surface area contributed by atoms with Gasteiger partial charge in [0.15, 0.2) is 0 Å². The first-order chi connectivity index (χ1) is 6.15. The molecule has 0 aromatic carbocycles. The molecule has 7 heteroatoms. The Bertz CT molecular complexity index is 330. The Kier molecular flexibility index (Phi) is 2.48. The third kappa shape index (κ3) is 1.95. The number of anilines is 1. The van der Waals surface area contributed by atoms with E-state index < -0.39 is 6.03 Å². The van der Waals surface area contributed by atoms with E-state index in [9.17, 15) is 4.79 Å². The second-order valence-electron chi connectivity index (χ2n) is 2.28. The molecule has 0 spiro atoms. The van der Waals surface area contributed by atoms with Crippen molar-refractivity contribution in [3.63, 3.8) is 0 Å². The van der Waals surface area contributed by atoms with Crippen LogP contribution in [0, 0.1) is 5.41 Å². The lowest BCUT2D eigenvalue weighted by Crippen LogP contribution is -2.26. The summed E-state index contributed by atoms with van der Waals surface area (Å²) in [6.07, 6.45) is 1.37. The van der Waals surface area contributed by atoms with Crippen LogP contribution in [0.15, 0.2) is 6.20 Å². The highest BCUT2D eigenvalue weighted by molar-refractivity contribution is 6.02. The van der Waals surface area contributed by atoms with E-state index >= 15 is 0 Å². The fourth-order valence-corrected chi connectivity index (χ4v) is 0.762. The van der Waals surface area contributed by atoms with Gasteiger partial charge in [0, 0.05) is 7.05 Å². The number of aromatic amines is 1. The molecule has 0 radical (unpaired) electrons. The molecule has 0 atom stereocenters. The number of urea groups is 1. The minimum absolute atomic E-state index is 0.153. The van der Waals surface area contributed by atoms with Crippen molar-refractivity contribution in [2.24, 2.45) is 5.73 Å². The number of carbonyl (C=O) groups excluding carboxylic acids is 1. The summed E-state index contributed by atoms with van der Waals surface area (Å²) in [5, 5.41) is 18.1. The van der Waals surface area contributed by atoms with Crippen molar-refractivity contribution >= 4 is 17.7 Å². The molecule has 2 amide bonds. The van der Waals surface area contributed by atoms with Gasteiger partial charge in [-0.1, -0.05) is 0 Å². The normalized spacial score (nSPS) is 9.31. The number of nitrogens with two attached hydrogens (primary N) is 1. The van der Waals surface area contributed by atoms with Gasteiger partial charge < -0.3 is 11.1 Å². The molecule has 13 heavy (non-hydrogen) atoms. The van der Waals surface area contributed by atoms with Crippen molar-refractivity contribution in [2.75, 3.05) is 12.4 Å². The van der Waals surface area contributed by atoms with Gasteiger partial charge in [-0.2, -0.15) is 5.10 Å². The highest BCUT2D eigenvalue weighted by Gasteiger charge is 2.09. The van der Waals surface area contributed by atoms with E-state index in [0.29, 0.717) is 11.4 Å². The van der Waals surface area contributed by atoms with E-state index in [1.165, 1.54) is 13.2 Å². The number of aromatic nitrogens is 2. The zero-order chi connectivity index (χ0) is 9.84. The molecule has 7 nitrogen and oxygen atoms in total. The fourth-order valence-electron chi connectivity index (χ4n) is 0.762. The van der Waals surface area contributed by atoms with E-state index in [-0.39, 0.29) is 5.84 Å². The summed E-state index contributed by atoms with van der Waals surface area (Å²) in [6, 6.07) is -0.397. The number of carbonyl (C=O) groups is 1. The van der Waals surface area contributed by atoms with Gasteiger partial charge in [-0.3, -0.25) is 15.8 Å². The Hall–Kier alpha value is -2.05. The molecule has 0 unspecified atom stereocenters. The van der Waals surface area contributed by atoms with Crippen molar-refractivity contribution in [3.8, 4) is 0 Å². The molecule has 0 aliphatic carbocycles. The molecule has 0 saturated heterocycles. The van der Waals surface area contributed by atoms with Gasteiger partial charge >= 0.3 is 6.03 Å². The second kappa shape index (κ2) is 3.57. The minimum atomic E-state index is -0.397. The van der Waals surface area contributed by atoms with Crippen LogP contribution in [0.2, 0.25) is 0 Å². The molecule has 0 saturated carbocycles. The second-order valence-corrected chi connectivity index (χ2v) is 2.28. The zero-order valence-electron chi connectivity index (χ0n) is 7.01. The zero-order valence-corrected chi connectivity index (χ0v) is 7.01. The van der Waals surface area contributed by atoms with Gasteiger partial charge in [-0.15, -0.1) is 0 Å². The summed E-state index contributed by atoms with van der Waals surface area (Å²) in [6.45, 7) is 0. The molecule has 1 heterocycles. The molecule has 1 aromatic rings. The smallest absolute Gasteiger partial charge is 0.320 e. The Balaban J connectivity index is 2.82. The van der Waals surface area contributed by atoms with Gasteiger partial charge in [-0.25, -0.2) is 4.79 Å². The van der Waals surface area contributed by atoms with E-state index in [0.717, 1.165) is 0 Å². The SMILES string of the molecule is CNC(=O)Nc1[nH]ncc1C(=N)N. The number of nitrogens with zero attached hydrogens (tertiary/aromatic N) is 1. The first-order valence-corrected chi connectivity index (χ1v) is 3.51. The Morgan fingerprint density at radius 2 is 2.46 bits per heavy atom. The number of amides is 2. The number of amidine groups is 1. The number of hydrogen-bond donors (Lipinski definition) is 5. The lowest BCUT2D eigenvalue weighted by atomic mass is 10.3. The molecule has 6 N–H and O–H groups in total.